The van der Waals surface area contributed by atoms with E-state index in [1.54, 1.807) is 0 Å². The van der Waals surface area contributed by atoms with Crippen LogP contribution in [-0.4, -0.2) is 10.7 Å². The average molecular weight is 128 g/mol. The number of hydrogen-bond acceptors (Lipinski definition) is 1. The summed E-state index contributed by atoms with van der Waals surface area (Å²) in [5, 5.41) is 9.73. The predicted octanol–water partition coefficient (Wildman–Crippen LogP) is 1.80. The van der Waals surface area contributed by atoms with Gasteiger partial charge in [-0.3, -0.25) is 0 Å². The van der Waals surface area contributed by atoms with Gasteiger partial charge in [-0.2, -0.15) is 0 Å². The van der Waals surface area contributed by atoms with Crippen LogP contribution >= 0.6 is 0 Å². The molecule has 0 aromatic carbocycles. The second-order valence-corrected chi connectivity index (χ2v) is 4.28. The summed E-state index contributed by atoms with van der Waals surface area (Å²) in [5.41, 5.74) is -0.278. The highest BCUT2D eigenvalue weighted by atomic mass is 16.3. The van der Waals surface area contributed by atoms with Crippen LogP contribution in [0.1, 0.15) is 34.1 Å². The van der Waals surface area contributed by atoms with E-state index in [0.29, 0.717) is 5.92 Å². The van der Waals surface area contributed by atoms with Crippen molar-refractivity contribution < 1.29 is 5.11 Å². The molecule has 1 aliphatic carbocycles. The van der Waals surface area contributed by atoms with Crippen LogP contribution < -0.4 is 0 Å². The van der Waals surface area contributed by atoms with Crippen LogP contribution in [0.4, 0.5) is 0 Å². The lowest BCUT2D eigenvalue weighted by molar-refractivity contribution is 0.0241. The molecule has 0 aromatic heterocycles. The Morgan fingerprint density at radius 1 is 1.44 bits per heavy atom. The molecule has 1 fully saturated rings. The van der Waals surface area contributed by atoms with Gasteiger partial charge in [0, 0.05) is 0 Å². The van der Waals surface area contributed by atoms with Gasteiger partial charge in [-0.25, -0.2) is 0 Å². The summed E-state index contributed by atoms with van der Waals surface area (Å²) < 4.78 is 0. The molecular weight excluding hydrogens is 112 g/mol. The molecule has 0 radical (unpaired) electrons. The summed E-state index contributed by atoms with van der Waals surface area (Å²) in [6.07, 6.45) is 0.983. The lowest BCUT2D eigenvalue weighted by Gasteiger charge is -2.26. The fraction of sp³-hybridized carbons (Fsp3) is 1.00. The van der Waals surface area contributed by atoms with Gasteiger partial charge in [0.05, 0.1) is 5.60 Å². The van der Waals surface area contributed by atoms with Crippen molar-refractivity contribution in [2.45, 2.75) is 39.7 Å². The Bertz CT molecular complexity index is 123. The SMILES string of the molecule is CC1CC1(O)C(C)(C)C. The summed E-state index contributed by atoms with van der Waals surface area (Å²) in [4.78, 5) is 0. The van der Waals surface area contributed by atoms with E-state index >= 15 is 0 Å². The Morgan fingerprint density at radius 3 is 1.78 bits per heavy atom. The quantitative estimate of drug-likeness (QED) is 0.527. The summed E-state index contributed by atoms with van der Waals surface area (Å²) in [7, 11) is 0. The lowest BCUT2D eigenvalue weighted by Crippen LogP contribution is -2.29. The lowest BCUT2D eigenvalue weighted by atomic mass is 9.85. The highest BCUT2D eigenvalue weighted by molar-refractivity contribution is 5.08. The van der Waals surface area contributed by atoms with E-state index in [0.717, 1.165) is 6.42 Å². The maximum atomic E-state index is 9.73. The van der Waals surface area contributed by atoms with Gasteiger partial charge in [-0.05, 0) is 17.8 Å². The fourth-order valence-corrected chi connectivity index (χ4v) is 1.45. The molecule has 54 valence electrons. The van der Waals surface area contributed by atoms with Gasteiger partial charge in [-0.1, -0.05) is 27.7 Å². The van der Waals surface area contributed by atoms with Crippen molar-refractivity contribution in [1.82, 2.24) is 0 Å². The molecule has 1 aliphatic rings. The molecule has 2 unspecified atom stereocenters. The summed E-state index contributed by atoms with van der Waals surface area (Å²) in [6.45, 7) is 8.38. The first kappa shape index (κ1) is 7.07. The van der Waals surface area contributed by atoms with Crippen molar-refractivity contribution >= 4 is 0 Å². The molecule has 1 heteroatoms. The topological polar surface area (TPSA) is 20.2 Å². The third-order valence-electron chi connectivity index (χ3n) is 2.57. The summed E-state index contributed by atoms with van der Waals surface area (Å²) >= 11 is 0. The molecule has 1 nitrogen and oxygen atoms in total. The Kier molecular flexibility index (Phi) is 1.19. The van der Waals surface area contributed by atoms with Gasteiger partial charge in [0.2, 0.25) is 0 Å². The zero-order valence-electron chi connectivity index (χ0n) is 6.73. The van der Waals surface area contributed by atoms with Crippen LogP contribution in [0.2, 0.25) is 0 Å². The first-order valence-electron chi connectivity index (χ1n) is 3.60. The van der Waals surface area contributed by atoms with E-state index in [-0.39, 0.29) is 11.0 Å². The Labute approximate surface area is 57.1 Å². The maximum Gasteiger partial charge on any atom is 0.0725 e. The largest absolute Gasteiger partial charge is 0.389 e. The first-order chi connectivity index (χ1) is 3.88. The monoisotopic (exact) mass is 128 g/mol. The molecule has 0 aliphatic heterocycles. The minimum atomic E-state index is -0.354. The van der Waals surface area contributed by atoms with Crippen LogP contribution in [0.25, 0.3) is 0 Å². The Balaban J connectivity index is 2.64. The summed E-state index contributed by atoms with van der Waals surface area (Å²) in [6, 6.07) is 0. The number of hydrogen-bond donors (Lipinski definition) is 1. The predicted molar refractivity (Wildman–Crippen MR) is 38.2 cm³/mol. The average Bonchev–Trinajstić information content (AvgIpc) is 2.13. The molecule has 0 heterocycles. The van der Waals surface area contributed by atoms with Crippen molar-refractivity contribution in [1.29, 1.82) is 0 Å². The third-order valence-corrected chi connectivity index (χ3v) is 2.57. The summed E-state index contributed by atoms with van der Waals surface area (Å²) in [5.74, 6) is 0.512. The van der Waals surface area contributed by atoms with Crippen molar-refractivity contribution in [2.24, 2.45) is 11.3 Å². The van der Waals surface area contributed by atoms with Crippen molar-refractivity contribution in [2.75, 3.05) is 0 Å². The third kappa shape index (κ3) is 0.877. The van der Waals surface area contributed by atoms with Crippen LogP contribution in [-0.2, 0) is 0 Å². The minimum absolute atomic E-state index is 0.0758. The number of aliphatic hydroxyl groups is 1. The second kappa shape index (κ2) is 1.51. The highest BCUT2D eigenvalue weighted by Crippen LogP contribution is 2.54. The molecule has 1 N–H and O–H groups in total. The molecule has 1 saturated carbocycles. The Morgan fingerprint density at radius 2 is 1.78 bits per heavy atom. The van der Waals surface area contributed by atoms with Gasteiger partial charge < -0.3 is 5.11 Å². The van der Waals surface area contributed by atoms with Gasteiger partial charge in [-0.15, -0.1) is 0 Å². The van der Waals surface area contributed by atoms with E-state index in [2.05, 4.69) is 27.7 Å². The maximum absolute atomic E-state index is 9.73. The van der Waals surface area contributed by atoms with E-state index in [4.69, 9.17) is 0 Å². The molecule has 1 rings (SSSR count). The number of rotatable bonds is 0. The zero-order valence-corrected chi connectivity index (χ0v) is 6.73. The molecule has 0 amide bonds. The standard InChI is InChI=1S/C8H16O/c1-6-5-8(6,9)7(2,3)4/h6,9H,5H2,1-4H3. The normalized spacial score (nSPS) is 43.0. The van der Waals surface area contributed by atoms with E-state index < -0.39 is 0 Å². The molecular formula is C8H16O. The van der Waals surface area contributed by atoms with Crippen LogP contribution in [0.3, 0.4) is 0 Å². The van der Waals surface area contributed by atoms with E-state index in [9.17, 15) is 5.11 Å². The minimum Gasteiger partial charge on any atom is -0.389 e. The molecule has 9 heavy (non-hydrogen) atoms. The Hall–Kier alpha value is -0.0400. The smallest absolute Gasteiger partial charge is 0.0725 e. The van der Waals surface area contributed by atoms with Gasteiger partial charge in [0.15, 0.2) is 0 Å². The molecule has 0 spiro atoms. The van der Waals surface area contributed by atoms with Crippen LogP contribution in [0.5, 0.6) is 0 Å². The zero-order chi connectivity index (χ0) is 7.28. The molecule has 2 atom stereocenters. The van der Waals surface area contributed by atoms with Crippen molar-refractivity contribution in [3.63, 3.8) is 0 Å². The van der Waals surface area contributed by atoms with Crippen molar-refractivity contribution in [3.05, 3.63) is 0 Å². The molecule has 0 saturated heterocycles. The van der Waals surface area contributed by atoms with Crippen LogP contribution in [0.15, 0.2) is 0 Å². The molecule has 0 bridgehead atoms. The highest BCUT2D eigenvalue weighted by Gasteiger charge is 2.57. The van der Waals surface area contributed by atoms with Crippen molar-refractivity contribution in [3.8, 4) is 0 Å². The first-order valence-corrected chi connectivity index (χ1v) is 3.60. The second-order valence-electron chi connectivity index (χ2n) is 4.28. The van der Waals surface area contributed by atoms with E-state index in [1.165, 1.54) is 0 Å². The van der Waals surface area contributed by atoms with Gasteiger partial charge in [0.25, 0.3) is 0 Å². The fourth-order valence-electron chi connectivity index (χ4n) is 1.45. The van der Waals surface area contributed by atoms with Crippen LogP contribution in [0, 0.1) is 11.3 Å². The molecule has 0 aromatic rings. The van der Waals surface area contributed by atoms with Gasteiger partial charge >= 0.3 is 0 Å². The van der Waals surface area contributed by atoms with Gasteiger partial charge in [0.1, 0.15) is 0 Å². The van der Waals surface area contributed by atoms with E-state index in [1.807, 2.05) is 0 Å².